The second kappa shape index (κ2) is 12.7. The Hall–Kier alpha value is -2.62. The predicted molar refractivity (Wildman–Crippen MR) is 105 cm³/mol. The summed E-state index contributed by atoms with van der Waals surface area (Å²) in [5.74, 6) is -0.389. The van der Waals surface area contributed by atoms with Crippen LogP contribution in [0.25, 0.3) is 0 Å². The van der Waals surface area contributed by atoms with Gasteiger partial charge in [0, 0.05) is 19.3 Å². The maximum atomic E-state index is 11.7. The van der Waals surface area contributed by atoms with Crippen molar-refractivity contribution < 1.29 is 19.1 Å². The van der Waals surface area contributed by atoms with Crippen LogP contribution in [0.3, 0.4) is 0 Å². The molecule has 0 saturated carbocycles. The standard InChI is InChI=1S/C23H28O4/c24-22(16-7-14-20-10-3-1-4-11-20)26-18-9-19-27-23(25)17-8-15-21-12-5-2-6-13-21/h1-6,10-13H,7-9,14-19H2. The quantitative estimate of drug-likeness (QED) is 0.409. The van der Waals surface area contributed by atoms with Gasteiger partial charge in [-0.1, -0.05) is 60.7 Å². The monoisotopic (exact) mass is 368 g/mol. The fourth-order valence-corrected chi connectivity index (χ4v) is 2.74. The fraction of sp³-hybridized carbons (Fsp3) is 0.391. The van der Waals surface area contributed by atoms with Crippen molar-refractivity contribution in [3.8, 4) is 0 Å². The van der Waals surface area contributed by atoms with E-state index < -0.39 is 0 Å². The van der Waals surface area contributed by atoms with Crippen LogP contribution in [0.2, 0.25) is 0 Å². The molecule has 0 unspecified atom stereocenters. The summed E-state index contributed by atoms with van der Waals surface area (Å²) in [4.78, 5) is 23.4. The van der Waals surface area contributed by atoms with Crippen molar-refractivity contribution in [1.82, 2.24) is 0 Å². The average molecular weight is 368 g/mol. The van der Waals surface area contributed by atoms with E-state index in [9.17, 15) is 9.59 Å². The minimum Gasteiger partial charge on any atom is -0.466 e. The Kier molecular flexibility index (Phi) is 9.72. The van der Waals surface area contributed by atoms with E-state index in [0.717, 1.165) is 25.7 Å². The number of hydrogen-bond donors (Lipinski definition) is 0. The first-order valence-electron chi connectivity index (χ1n) is 9.63. The summed E-state index contributed by atoms with van der Waals surface area (Å²) < 4.78 is 10.3. The Morgan fingerprint density at radius 1 is 0.593 bits per heavy atom. The molecule has 2 rings (SSSR count). The van der Waals surface area contributed by atoms with E-state index in [2.05, 4.69) is 24.3 Å². The molecular weight excluding hydrogens is 340 g/mol. The van der Waals surface area contributed by atoms with Crippen LogP contribution in [-0.4, -0.2) is 25.2 Å². The first kappa shape index (κ1) is 20.7. The van der Waals surface area contributed by atoms with Crippen molar-refractivity contribution in [2.75, 3.05) is 13.2 Å². The van der Waals surface area contributed by atoms with E-state index in [1.54, 1.807) is 0 Å². The van der Waals surface area contributed by atoms with Gasteiger partial charge in [-0.2, -0.15) is 0 Å². The van der Waals surface area contributed by atoms with Crippen molar-refractivity contribution in [3.63, 3.8) is 0 Å². The summed E-state index contributed by atoms with van der Waals surface area (Å²) >= 11 is 0. The largest absolute Gasteiger partial charge is 0.466 e. The number of benzene rings is 2. The molecule has 0 heterocycles. The Morgan fingerprint density at radius 3 is 1.41 bits per heavy atom. The lowest BCUT2D eigenvalue weighted by Gasteiger charge is -2.07. The van der Waals surface area contributed by atoms with Gasteiger partial charge in [-0.25, -0.2) is 0 Å². The molecule has 144 valence electrons. The maximum Gasteiger partial charge on any atom is 0.305 e. The van der Waals surface area contributed by atoms with Crippen LogP contribution >= 0.6 is 0 Å². The number of esters is 2. The van der Waals surface area contributed by atoms with E-state index in [4.69, 9.17) is 9.47 Å². The molecule has 0 bridgehead atoms. The third-order valence-electron chi connectivity index (χ3n) is 4.19. The highest BCUT2D eigenvalue weighted by Gasteiger charge is 2.05. The molecule has 2 aromatic carbocycles. The van der Waals surface area contributed by atoms with Gasteiger partial charge in [0.1, 0.15) is 0 Å². The molecule has 0 saturated heterocycles. The number of carbonyl (C=O) groups is 2. The molecule has 0 aliphatic heterocycles. The van der Waals surface area contributed by atoms with Crippen LogP contribution in [-0.2, 0) is 31.9 Å². The molecule has 0 radical (unpaired) electrons. The van der Waals surface area contributed by atoms with E-state index in [1.165, 1.54) is 11.1 Å². The molecule has 0 spiro atoms. The topological polar surface area (TPSA) is 52.6 Å². The molecule has 0 fully saturated rings. The third-order valence-corrected chi connectivity index (χ3v) is 4.19. The number of aryl methyl sites for hydroxylation is 2. The van der Waals surface area contributed by atoms with Crippen molar-refractivity contribution >= 4 is 11.9 Å². The van der Waals surface area contributed by atoms with Gasteiger partial charge in [0.05, 0.1) is 13.2 Å². The van der Waals surface area contributed by atoms with Crippen molar-refractivity contribution in [3.05, 3.63) is 71.8 Å². The molecule has 2 aromatic rings. The maximum absolute atomic E-state index is 11.7. The zero-order valence-corrected chi connectivity index (χ0v) is 15.8. The highest BCUT2D eigenvalue weighted by molar-refractivity contribution is 5.69. The minimum atomic E-state index is -0.194. The molecule has 0 amide bonds. The van der Waals surface area contributed by atoms with Gasteiger partial charge in [-0.3, -0.25) is 9.59 Å². The first-order chi connectivity index (χ1) is 13.2. The van der Waals surface area contributed by atoms with Crippen LogP contribution in [0.1, 0.15) is 43.2 Å². The number of carbonyl (C=O) groups excluding carboxylic acids is 2. The van der Waals surface area contributed by atoms with Gasteiger partial charge in [0.15, 0.2) is 0 Å². The van der Waals surface area contributed by atoms with E-state index >= 15 is 0 Å². The van der Waals surface area contributed by atoms with Crippen LogP contribution in [0, 0.1) is 0 Å². The summed E-state index contributed by atoms with van der Waals surface area (Å²) in [6, 6.07) is 20.2. The molecule has 27 heavy (non-hydrogen) atoms. The number of rotatable bonds is 12. The molecule has 0 aromatic heterocycles. The first-order valence-corrected chi connectivity index (χ1v) is 9.63. The van der Waals surface area contributed by atoms with E-state index in [0.29, 0.717) is 32.5 Å². The summed E-state index contributed by atoms with van der Waals surface area (Å²) in [6.45, 7) is 0.586. The third kappa shape index (κ3) is 9.59. The molecular formula is C23H28O4. The van der Waals surface area contributed by atoms with Crippen molar-refractivity contribution in [1.29, 1.82) is 0 Å². The molecule has 0 aliphatic carbocycles. The van der Waals surface area contributed by atoms with Gasteiger partial charge >= 0.3 is 11.9 Å². The Labute approximate surface area is 161 Å². The van der Waals surface area contributed by atoms with Gasteiger partial charge in [0.25, 0.3) is 0 Å². The minimum absolute atomic E-state index is 0.194. The molecule has 0 atom stereocenters. The predicted octanol–water partition coefficient (Wildman–Crippen LogP) is 4.51. The second-order valence-electron chi connectivity index (χ2n) is 6.47. The van der Waals surface area contributed by atoms with Crippen molar-refractivity contribution in [2.24, 2.45) is 0 Å². The molecule has 0 aliphatic rings. The van der Waals surface area contributed by atoms with Crippen LogP contribution < -0.4 is 0 Å². The number of ether oxygens (including phenoxy) is 2. The van der Waals surface area contributed by atoms with E-state index in [-0.39, 0.29) is 11.9 Å². The average Bonchev–Trinajstić information content (AvgIpc) is 2.69. The van der Waals surface area contributed by atoms with Gasteiger partial charge in [-0.05, 0) is 36.8 Å². The Bertz CT molecular complexity index is 608. The highest BCUT2D eigenvalue weighted by Crippen LogP contribution is 2.06. The lowest BCUT2D eigenvalue weighted by molar-refractivity contribution is -0.146. The normalized spacial score (nSPS) is 10.4. The molecule has 4 heteroatoms. The molecule has 4 nitrogen and oxygen atoms in total. The second-order valence-corrected chi connectivity index (χ2v) is 6.47. The van der Waals surface area contributed by atoms with Crippen LogP contribution in [0.4, 0.5) is 0 Å². The van der Waals surface area contributed by atoms with E-state index in [1.807, 2.05) is 36.4 Å². The summed E-state index contributed by atoms with van der Waals surface area (Å²) in [7, 11) is 0. The van der Waals surface area contributed by atoms with Gasteiger partial charge in [-0.15, -0.1) is 0 Å². The lowest BCUT2D eigenvalue weighted by atomic mass is 10.1. The highest BCUT2D eigenvalue weighted by atomic mass is 16.5. The van der Waals surface area contributed by atoms with Crippen LogP contribution in [0.15, 0.2) is 60.7 Å². The Balaban J connectivity index is 1.43. The Morgan fingerprint density at radius 2 is 1.00 bits per heavy atom. The van der Waals surface area contributed by atoms with Gasteiger partial charge < -0.3 is 9.47 Å². The summed E-state index contributed by atoms with van der Waals surface area (Å²) in [5, 5.41) is 0. The van der Waals surface area contributed by atoms with Crippen molar-refractivity contribution in [2.45, 2.75) is 44.9 Å². The van der Waals surface area contributed by atoms with Gasteiger partial charge in [0.2, 0.25) is 0 Å². The SMILES string of the molecule is O=C(CCCc1ccccc1)OCCCOC(=O)CCCc1ccccc1. The summed E-state index contributed by atoms with van der Waals surface area (Å²) in [5.41, 5.74) is 2.45. The van der Waals surface area contributed by atoms with Crippen LogP contribution in [0.5, 0.6) is 0 Å². The lowest BCUT2D eigenvalue weighted by Crippen LogP contribution is -2.11. The fourth-order valence-electron chi connectivity index (χ4n) is 2.74. The zero-order valence-electron chi connectivity index (χ0n) is 15.8. The zero-order chi connectivity index (χ0) is 19.2. The number of hydrogen-bond acceptors (Lipinski definition) is 4. The molecule has 0 N–H and O–H groups in total. The summed E-state index contributed by atoms with van der Waals surface area (Å²) in [6.07, 6.45) is 4.66. The smallest absolute Gasteiger partial charge is 0.305 e.